The van der Waals surface area contributed by atoms with Crippen LogP contribution in [-0.2, 0) is 16.1 Å². The highest BCUT2D eigenvalue weighted by molar-refractivity contribution is 8.14. The first-order valence-electron chi connectivity index (χ1n) is 8.69. The van der Waals surface area contributed by atoms with Crippen LogP contribution in [0.25, 0.3) is 11.7 Å². The number of amides is 3. The molecule has 4 rings (SSSR count). The molecule has 3 aromatic rings. The molecule has 3 heterocycles. The maximum atomic E-state index is 12.2. The van der Waals surface area contributed by atoms with E-state index in [1.807, 2.05) is 24.4 Å². The van der Waals surface area contributed by atoms with Gasteiger partial charge in [-0.05, 0) is 35.9 Å². The summed E-state index contributed by atoms with van der Waals surface area (Å²) in [7, 11) is 0. The van der Waals surface area contributed by atoms with Crippen molar-refractivity contribution in [2.45, 2.75) is 6.54 Å². The summed E-state index contributed by atoms with van der Waals surface area (Å²) in [4.78, 5) is 41.0. The molecule has 2 aromatic heterocycles. The average molecular weight is 427 g/mol. The molecule has 0 atom stereocenters. The van der Waals surface area contributed by atoms with Gasteiger partial charge in [0.2, 0.25) is 11.8 Å². The van der Waals surface area contributed by atoms with Gasteiger partial charge in [0.05, 0.1) is 18.0 Å². The van der Waals surface area contributed by atoms with Crippen LogP contribution >= 0.6 is 23.4 Å². The third kappa shape index (κ3) is 4.18. The van der Waals surface area contributed by atoms with E-state index in [0.717, 1.165) is 17.3 Å². The molecular formula is C20H15ClN4O3S. The zero-order valence-electron chi connectivity index (χ0n) is 15.0. The molecule has 1 aliphatic heterocycles. The minimum Gasteiger partial charge on any atom is -0.323 e. The van der Waals surface area contributed by atoms with Crippen LogP contribution < -0.4 is 5.32 Å². The molecule has 9 heteroatoms. The fourth-order valence-electron chi connectivity index (χ4n) is 2.88. The summed E-state index contributed by atoms with van der Waals surface area (Å²) in [6, 6.07) is 12.5. The van der Waals surface area contributed by atoms with E-state index in [4.69, 9.17) is 11.6 Å². The largest absolute Gasteiger partial charge is 0.323 e. The van der Waals surface area contributed by atoms with Crippen LogP contribution in [0.2, 0.25) is 5.15 Å². The van der Waals surface area contributed by atoms with Gasteiger partial charge in [-0.25, -0.2) is 4.98 Å². The topological polar surface area (TPSA) is 83.8 Å². The summed E-state index contributed by atoms with van der Waals surface area (Å²) in [5.74, 6) is -0.315. The predicted molar refractivity (Wildman–Crippen MR) is 113 cm³/mol. The summed E-state index contributed by atoms with van der Waals surface area (Å²) >= 11 is 7.16. The molecule has 146 valence electrons. The predicted octanol–water partition coefficient (Wildman–Crippen LogP) is 3.84. The van der Waals surface area contributed by atoms with E-state index in [1.165, 1.54) is 11.0 Å². The Morgan fingerprint density at radius 2 is 2.00 bits per heavy atom. The van der Waals surface area contributed by atoms with Crippen molar-refractivity contribution in [3.05, 3.63) is 71.1 Å². The van der Waals surface area contributed by atoms with Crippen LogP contribution in [-0.4, -0.2) is 37.1 Å². The number of halogens is 1. The molecule has 0 radical (unpaired) electrons. The molecule has 1 aliphatic rings. The number of carbonyl (C=O) groups excluding carboxylic acids is 3. The average Bonchev–Trinajstić information content (AvgIpc) is 3.20. The molecule has 3 amide bonds. The Hall–Kier alpha value is -3.10. The number of aromatic nitrogens is 2. The van der Waals surface area contributed by atoms with Crippen molar-refractivity contribution in [1.29, 1.82) is 0 Å². The number of imide groups is 1. The SMILES string of the molecule is O=C(/C=C/c1c(Cl)nc2ccccn12)Nc1ccc(CN2C(=O)CSC2=O)cc1. The van der Waals surface area contributed by atoms with E-state index in [9.17, 15) is 14.4 Å². The third-order valence-electron chi connectivity index (χ3n) is 4.32. The van der Waals surface area contributed by atoms with Gasteiger partial charge in [-0.15, -0.1) is 0 Å². The summed E-state index contributed by atoms with van der Waals surface area (Å²) in [5, 5.41) is 2.84. The second-order valence-electron chi connectivity index (χ2n) is 6.27. The number of carbonyl (C=O) groups is 3. The summed E-state index contributed by atoms with van der Waals surface area (Å²) in [6.07, 6.45) is 4.81. The van der Waals surface area contributed by atoms with Crippen molar-refractivity contribution in [3.63, 3.8) is 0 Å². The Labute approximate surface area is 175 Å². The molecule has 0 unspecified atom stereocenters. The lowest BCUT2D eigenvalue weighted by Crippen LogP contribution is -2.27. The maximum absolute atomic E-state index is 12.2. The van der Waals surface area contributed by atoms with Crippen LogP contribution in [0.5, 0.6) is 0 Å². The summed E-state index contributed by atoms with van der Waals surface area (Å²) in [6.45, 7) is 0.228. The first-order valence-corrected chi connectivity index (χ1v) is 10.1. The highest BCUT2D eigenvalue weighted by atomic mass is 35.5. The van der Waals surface area contributed by atoms with E-state index in [2.05, 4.69) is 10.3 Å². The zero-order chi connectivity index (χ0) is 20.4. The van der Waals surface area contributed by atoms with Gasteiger partial charge >= 0.3 is 0 Å². The van der Waals surface area contributed by atoms with Crippen LogP contribution in [0.3, 0.4) is 0 Å². The van der Waals surface area contributed by atoms with Gasteiger partial charge in [0.1, 0.15) is 5.65 Å². The van der Waals surface area contributed by atoms with Crippen molar-refractivity contribution in [3.8, 4) is 0 Å². The van der Waals surface area contributed by atoms with Gasteiger partial charge in [0.25, 0.3) is 5.24 Å². The molecule has 29 heavy (non-hydrogen) atoms. The smallest absolute Gasteiger partial charge is 0.289 e. The van der Waals surface area contributed by atoms with Crippen LogP contribution in [0, 0.1) is 0 Å². The van der Waals surface area contributed by atoms with E-state index >= 15 is 0 Å². The Kier molecular flexibility index (Phi) is 5.37. The Balaban J connectivity index is 1.40. The van der Waals surface area contributed by atoms with Crippen LogP contribution in [0.1, 0.15) is 11.3 Å². The number of thioether (sulfide) groups is 1. The first kappa shape index (κ1) is 19.2. The van der Waals surface area contributed by atoms with Gasteiger partial charge in [-0.1, -0.05) is 41.6 Å². The van der Waals surface area contributed by atoms with Gasteiger partial charge in [0, 0.05) is 18.0 Å². The fourth-order valence-corrected chi connectivity index (χ4v) is 3.85. The molecule has 0 spiro atoms. The molecule has 1 fully saturated rings. The highest BCUT2D eigenvalue weighted by Crippen LogP contribution is 2.22. The van der Waals surface area contributed by atoms with Crippen molar-refractivity contribution < 1.29 is 14.4 Å². The number of fused-ring (bicyclic) bond motifs is 1. The van der Waals surface area contributed by atoms with Gasteiger partial charge in [0.15, 0.2) is 5.15 Å². The monoisotopic (exact) mass is 426 g/mol. The molecule has 0 bridgehead atoms. The van der Waals surface area contributed by atoms with E-state index < -0.39 is 0 Å². The van der Waals surface area contributed by atoms with Crippen LogP contribution in [0.4, 0.5) is 10.5 Å². The van der Waals surface area contributed by atoms with Crippen molar-refractivity contribution in [1.82, 2.24) is 14.3 Å². The Morgan fingerprint density at radius 1 is 1.21 bits per heavy atom. The highest BCUT2D eigenvalue weighted by Gasteiger charge is 2.29. The second kappa shape index (κ2) is 8.10. The molecule has 1 aromatic carbocycles. The quantitative estimate of drug-likeness (QED) is 0.627. The lowest BCUT2D eigenvalue weighted by Gasteiger charge is -2.13. The van der Waals surface area contributed by atoms with Crippen molar-refractivity contribution >= 4 is 57.8 Å². The van der Waals surface area contributed by atoms with E-state index in [1.54, 1.807) is 34.7 Å². The number of benzene rings is 1. The van der Waals surface area contributed by atoms with Crippen LogP contribution in [0.15, 0.2) is 54.7 Å². The molecule has 1 saturated heterocycles. The lowest BCUT2D eigenvalue weighted by molar-refractivity contribution is -0.125. The minimum atomic E-state index is -0.319. The van der Waals surface area contributed by atoms with Gasteiger partial charge in [-0.2, -0.15) is 0 Å². The Morgan fingerprint density at radius 3 is 2.72 bits per heavy atom. The van der Waals surface area contributed by atoms with Gasteiger partial charge < -0.3 is 5.32 Å². The number of nitrogens with one attached hydrogen (secondary N) is 1. The molecule has 0 aliphatic carbocycles. The number of rotatable bonds is 5. The summed E-state index contributed by atoms with van der Waals surface area (Å²) in [5.41, 5.74) is 2.72. The van der Waals surface area contributed by atoms with E-state index in [0.29, 0.717) is 22.2 Å². The van der Waals surface area contributed by atoms with Crippen molar-refractivity contribution in [2.75, 3.05) is 11.1 Å². The number of nitrogens with zero attached hydrogens (tertiary/aromatic N) is 3. The first-order chi connectivity index (χ1) is 14.0. The number of imidazole rings is 1. The van der Waals surface area contributed by atoms with Gasteiger partial charge in [-0.3, -0.25) is 23.7 Å². The Bertz CT molecular complexity index is 1120. The maximum Gasteiger partial charge on any atom is 0.289 e. The number of pyridine rings is 1. The molecular weight excluding hydrogens is 412 g/mol. The molecule has 7 nitrogen and oxygen atoms in total. The zero-order valence-corrected chi connectivity index (χ0v) is 16.6. The minimum absolute atomic E-state index is 0.187. The van der Waals surface area contributed by atoms with E-state index in [-0.39, 0.29) is 29.4 Å². The lowest BCUT2D eigenvalue weighted by atomic mass is 10.2. The molecule has 0 saturated carbocycles. The number of anilines is 1. The third-order valence-corrected chi connectivity index (χ3v) is 5.45. The molecule has 1 N–H and O–H groups in total. The standard InChI is InChI=1S/C20H15ClN4O3S/c21-19-15(24-10-2-1-3-16(24)23-19)8-9-17(26)22-14-6-4-13(5-7-14)11-25-18(27)12-29-20(25)28/h1-10H,11-12H2,(H,22,26)/b9-8+. The summed E-state index contributed by atoms with van der Waals surface area (Å²) < 4.78 is 1.79. The fraction of sp³-hybridized carbons (Fsp3) is 0.100. The second-order valence-corrected chi connectivity index (χ2v) is 7.56. The number of hydrogen-bond donors (Lipinski definition) is 1. The van der Waals surface area contributed by atoms with Crippen molar-refractivity contribution in [2.24, 2.45) is 0 Å². The normalized spacial score (nSPS) is 14.3. The number of hydrogen-bond acceptors (Lipinski definition) is 5.